The molecule has 0 heterocycles. The molecule has 3 heteroatoms. The summed E-state index contributed by atoms with van der Waals surface area (Å²) in [6, 6.07) is 4.18. The van der Waals surface area contributed by atoms with Crippen molar-refractivity contribution in [3.05, 3.63) is 47.1 Å². The zero-order valence-corrected chi connectivity index (χ0v) is 17.3. The Balaban J connectivity index is 2.40. The van der Waals surface area contributed by atoms with Gasteiger partial charge in [-0.15, -0.1) is 0 Å². The van der Waals surface area contributed by atoms with Gasteiger partial charge in [-0.3, -0.25) is 0 Å². The number of aryl methyl sites for hydroxylation is 1. The van der Waals surface area contributed by atoms with E-state index in [9.17, 15) is 5.11 Å². The first kappa shape index (κ1) is 19.4. The molecule has 0 aliphatic heterocycles. The fraction of sp³-hybridized carbons (Fsp3) is 0.524. The highest BCUT2D eigenvalue weighted by atomic mass is 127. The number of nitrogens with one attached hydrogen (secondary N) is 1. The van der Waals surface area contributed by atoms with Crippen LogP contribution in [0, 0.1) is 5.92 Å². The van der Waals surface area contributed by atoms with Gasteiger partial charge in [0.25, 0.3) is 0 Å². The number of allylic oxidation sites excluding steroid dienone is 3. The average molecular weight is 439 g/mol. The van der Waals surface area contributed by atoms with E-state index in [1.165, 1.54) is 36.0 Å². The third-order valence-corrected chi connectivity index (χ3v) is 5.68. The Labute approximate surface area is 160 Å². The smallest absolute Gasteiger partial charge is 0.121 e. The molecule has 2 N–H and O–H groups in total. The molecular weight excluding hydrogens is 409 g/mol. The van der Waals surface area contributed by atoms with Gasteiger partial charge in [0.05, 0.1) is 28.6 Å². The van der Waals surface area contributed by atoms with Gasteiger partial charge in [-0.1, -0.05) is 43.6 Å². The van der Waals surface area contributed by atoms with Crippen molar-refractivity contribution in [3.8, 4) is 5.75 Å². The number of unbranched alkanes of at least 4 members (excludes halogenated alkanes) is 2. The number of rotatable bonds is 7. The van der Waals surface area contributed by atoms with Gasteiger partial charge in [-0.2, -0.15) is 0 Å². The molecule has 2 rings (SSSR count). The number of halogens is 1. The molecule has 0 amide bonds. The highest BCUT2D eigenvalue weighted by Crippen LogP contribution is 2.46. The summed E-state index contributed by atoms with van der Waals surface area (Å²) in [5.74, 6) is 1.03. The van der Waals surface area contributed by atoms with Gasteiger partial charge in [-0.25, -0.2) is 0 Å². The third kappa shape index (κ3) is 4.56. The Morgan fingerprint density at radius 3 is 2.75 bits per heavy atom. The maximum atomic E-state index is 10.8. The van der Waals surface area contributed by atoms with Gasteiger partial charge in [-0.05, 0) is 63.1 Å². The lowest BCUT2D eigenvalue weighted by atomic mass is 9.73. The second kappa shape index (κ2) is 8.93. The minimum Gasteiger partial charge on any atom is -0.508 e. The molecule has 0 spiro atoms. The van der Waals surface area contributed by atoms with Gasteiger partial charge in [0.15, 0.2) is 0 Å². The summed E-state index contributed by atoms with van der Waals surface area (Å²) in [6.45, 7) is 10.7. The van der Waals surface area contributed by atoms with Crippen molar-refractivity contribution in [2.45, 2.75) is 65.2 Å². The third-order valence-electron chi connectivity index (χ3n) is 5.10. The van der Waals surface area contributed by atoms with Crippen molar-refractivity contribution in [2.75, 3.05) is 3.53 Å². The highest BCUT2D eigenvalue weighted by molar-refractivity contribution is 14.1. The number of benzene rings is 1. The standard InChI is InChI=1S/C21H30INO/c1-5-6-7-8-16-12-19(23-22)21(20(24)13-16)18-11-15(4)9-10-17(18)14(2)3/h11-13,17-18,23-24H,2,5-10H2,1,3-4H3. The fourth-order valence-corrected chi connectivity index (χ4v) is 4.20. The van der Waals surface area contributed by atoms with Gasteiger partial charge in [0.1, 0.15) is 5.75 Å². The topological polar surface area (TPSA) is 32.3 Å². The molecule has 24 heavy (non-hydrogen) atoms. The molecule has 0 saturated carbocycles. The lowest BCUT2D eigenvalue weighted by Gasteiger charge is -2.32. The van der Waals surface area contributed by atoms with E-state index in [2.05, 4.69) is 65.9 Å². The summed E-state index contributed by atoms with van der Waals surface area (Å²) in [6.07, 6.45) is 9.21. The molecule has 0 radical (unpaired) electrons. The van der Waals surface area contributed by atoms with Gasteiger partial charge in [0, 0.05) is 11.5 Å². The van der Waals surface area contributed by atoms with Crippen molar-refractivity contribution in [3.63, 3.8) is 0 Å². The lowest BCUT2D eigenvalue weighted by molar-refractivity contribution is 0.437. The molecule has 0 fully saturated rings. The molecule has 1 aliphatic carbocycles. The molecular formula is C21H30INO. The first-order chi connectivity index (χ1) is 11.5. The first-order valence-corrected chi connectivity index (χ1v) is 10.1. The number of phenolic OH excluding ortho intramolecular Hbond substituents is 1. The molecule has 1 aromatic rings. The van der Waals surface area contributed by atoms with Crippen molar-refractivity contribution in [2.24, 2.45) is 5.92 Å². The van der Waals surface area contributed by atoms with Crippen LogP contribution < -0.4 is 3.53 Å². The van der Waals surface area contributed by atoms with Gasteiger partial charge < -0.3 is 8.64 Å². The Bertz CT molecular complexity index is 621. The summed E-state index contributed by atoms with van der Waals surface area (Å²) in [4.78, 5) is 0. The van der Waals surface area contributed by atoms with E-state index < -0.39 is 0 Å². The lowest BCUT2D eigenvalue weighted by Crippen LogP contribution is -2.18. The molecule has 1 aromatic carbocycles. The number of phenols is 1. The Kier molecular flexibility index (Phi) is 7.20. The maximum Gasteiger partial charge on any atom is 0.121 e. The SMILES string of the molecule is C=C(C)C1CCC(C)=CC1c1c(O)cc(CCCCC)cc1NI. The minimum atomic E-state index is 0.207. The average Bonchev–Trinajstić information content (AvgIpc) is 2.54. The quantitative estimate of drug-likeness (QED) is 0.210. The highest BCUT2D eigenvalue weighted by Gasteiger charge is 2.29. The molecule has 0 bridgehead atoms. The van der Waals surface area contributed by atoms with E-state index in [0.29, 0.717) is 11.7 Å². The van der Waals surface area contributed by atoms with Crippen LogP contribution in [0.5, 0.6) is 5.75 Å². The minimum absolute atomic E-state index is 0.207. The van der Waals surface area contributed by atoms with Gasteiger partial charge >= 0.3 is 0 Å². The largest absolute Gasteiger partial charge is 0.508 e. The van der Waals surface area contributed by atoms with Crippen LogP contribution in [0.1, 0.15) is 69.9 Å². The zero-order chi connectivity index (χ0) is 17.7. The number of anilines is 1. The molecule has 2 nitrogen and oxygen atoms in total. The molecule has 132 valence electrons. The monoisotopic (exact) mass is 439 g/mol. The summed E-state index contributed by atoms with van der Waals surface area (Å²) >= 11 is 2.18. The summed E-state index contributed by atoms with van der Waals surface area (Å²) in [5.41, 5.74) is 5.89. The van der Waals surface area contributed by atoms with Crippen LogP contribution in [0.15, 0.2) is 35.9 Å². The summed E-state index contributed by atoms with van der Waals surface area (Å²) in [7, 11) is 0. The molecule has 0 aromatic heterocycles. The van der Waals surface area contributed by atoms with E-state index in [0.717, 1.165) is 30.5 Å². The van der Waals surface area contributed by atoms with Crippen LogP contribution in [0.25, 0.3) is 0 Å². The van der Waals surface area contributed by atoms with Crippen molar-refractivity contribution >= 4 is 28.6 Å². The fourth-order valence-electron chi connectivity index (χ4n) is 3.75. The predicted octanol–water partition coefficient (Wildman–Crippen LogP) is 6.90. The Morgan fingerprint density at radius 1 is 1.38 bits per heavy atom. The van der Waals surface area contributed by atoms with E-state index in [-0.39, 0.29) is 5.92 Å². The van der Waals surface area contributed by atoms with E-state index in [4.69, 9.17) is 0 Å². The van der Waals surface area contributed by atoms with E-state index in [1.54, 1.807) is 0 Å². The summed E-state index contributed by atoms with van der Waals surface area (Å²) in [5, 5.41) is 10.8. The molecule has 1 aliphatic rings. The van der Waals surface area contributed by atoms with Crippen molar-refractivity contribution < 1.29 is 5.11 Å². The zero-order valence-electron chi connectivity index (χ0n) is 15.2. The second-order valence-electron chi connectivity index (χ2n) is 7.16. The molecule has 2 atom stereocenters. The first-order valence-electron chi connectivity index (χ1n) is 9.03. The van der Waals surface area contributed by atoms with Crippen LogP contribution in [0.3, 0.4) is 0 Å². The van der Waals surface area contributed by atoms with Crippen molar-refractivity contribution in [1.82, 2.24) is 0 Å². The number of hydrogen-bond acceptors (Lipinski definition) is 2. The normalized spacial score (nSPS) is 20.6. The predicted molar refractivity (Wildman–Crippen MR) is 113 cm³/mol. The van der Waals surface area contributed by atoms with Crippen LogP contribution >= 0.6 is 22.9 Å². The number of aromatic hydroxyl groups is 1. The van der Waals surface area contributed by atoms with Crippen molar-refractivity contribution in [1.29, 1.82) is 0 Å². The van der Waals surface area contributed by atoms with Crippen LogP contribution in [-0.4, -0.2) is 5.11 Å². The van der Waals surface area contributed by atoms with Crippen LogP contribution in [0.2, 0.25) is 0 Å². The second-order valence-corrected chi connectivity index (χ2v) is 7.70. The Morgan fingerprint density at radius 2 is 2.12 bits per heavy atom. The van der Waals surface area contributed by atoms with E-state index in [1.807, 2.05) is 6.07 Å². The number of hydrogen-bond donors (Lipinski definition) is 2. The molecule has 2 unspecified atom stereocenters. The van der Waals surface area contributed by atoms with Crippen LogP contribution in [-0.2, 0) is 6.42 Å². The summed E-state index contributed by atoms with van der Waals surface area (Å²) < 4.78 is 3.29. The van der Waals surface area contributed by atoms with Gasteiger partial charge in [0.2, 0.25) is 0 Å². The molecule has 0 saturated heterocycles. The Hall–Kier alpha value is -0.970. The van der Waals surface area contributed by atoms with E-state index >= 15 is 0 Å². The van der Waals surface area contributed by atoms with Crippen LogP contribution in [0.4, 0.5) is 5.69 Å². The maximum absolute atomic E-state index is 10.8.